The molecule has 1 aromatic heterocycles. The van der Waals surface area contributed by atoms with E-state index < -0.39 is 0 Å². The van der Waals surface area contributed by atoms with Gasteiger partial charge in [0.25, 0.3) is 0 Å². The Morgan fingerprint density at radius 3 is 2.75 bits per heavy atom. The Kier molecular flexibility index (Phi) is 3.72. The monoisotopic (exact) mass is 287 g/mol. The normalized spacial score (nSPS) is 14.4. The maximum Gasteiger partial charge on any atom is 0.161 e. The van der Waals surface area contributed by atoms with Gasteiger partial charge in [-0.2, -0.15) is 0 Å². The van der Waals surface area contributed by atoms with Crippen LogP contribution in [0.4, 0.5) is 0 Å². The molecule has 0 fully saturated rings. The first-order valence-electron chi connectivity index (χ1n) is 7.02. The van der Waals surface area contributed by atoms with Crippen molar-refractivity contribution < 1.29 is 0 Å². The molecule has 1 aliphatic rings. The lowest BCUT2D eigenvalue weighted by atomic mass is 9.97. The average molecular weight is 288 g/mol. The summed E-state index contributed by atoms with van der Waals surface area (Å²) in [4.78, 5) is 9.52. The number of nitrogens with zero attached hydrogens (tertiary/aromatic N) is 2. The van der Waals surface area contributed by atoms with Crippen LogP contribution >= 0.6 is 11.6 Å². The van der Waals surface area contributed by atoms with Gasteiger partial charge in [0.1, 0.15) is 0 Å². The van der Waals surface area contributed by atoms with Crippen LogP contribution in [0.25, 0.3) is 11.4 Å². The number of nitrogens with one attached hydrogen (secondary N) is 1. The van der Waals surface area contributed by atoms with Gasteiger partial charge >= 0.3 is 0 Å². The van der Waals surface area contributed by atoms with Gasteiger partial charge in [0.15, 0.2) is 5.82 Å². The zero-order chi connectivity index (χ0) is 14.1. The van der Waals surface area contributed by atoms with Gasteiger partial charge in [0.2, 0.25) is 0 Å². The third-order valence-corrected chi connectivity index (χ3v) is 3.96. The summed E-state index contributed by atoms with van der Waals surface area (Å²) in [7, 11) is 0. The van der Waals surface area contributed by atoms with Gasteiger partial charge in [-0.1, -0.05) is 37.6 Å². The zero-order valence-electron chi connectivity index (χ0n) is 11.8. The minimum absolute atomic E-state index is 0.395. The van der Waals surface area contributed by atoms with E-state index in [1.54, 1.807) is 0 Å². The summed E-state index contributed by atoms with van der Waals surface area (Å²) in [6, 6.07) is 7.75. The van der Waals surface area contributed by atoms with E-state index in [4.69, 9.17) is 21.6 Å². The highest BCUT2D eigenvalue weighted by Crippen LogP contribution is 2.29. The van der Waals surface area contributed by atoms with Crippen LogP contribution in [0.1, 0.15) is 36.7 Å². The maximum absolute atomic E-state index is 6.28. The van der Waals surface area contributed by atoms with Gasteiger partial charge in [0.05, 0.1) is 16.4 Å². The number of benzene rings is 1. The summed E-state index contributed by atoms with van der Waals surface area (Å²) in [6.45, 7) is 6.18. The van der Waals surface area contributed by atoms with Crippen molar-refractivity contribution >= 4 is 11.6 Å². The lowest BCUT2D eigenvalue weighted by molar-refractivity contribution is 0.609. The van der Waals surface area contributed by atoms with Crippen molar-refractivity contribution in [2.45, 2.75) is 32.7 Å². The topological polar surface area (TPSA) is 37.8 Å². The van der Waals surface area contributed by atoms with E-state index in [0.717, 1.165) is 42.3 Å². The van der Waals surface area contributed by atoms with Gasteiger partial charge in [-0.05, 0) is 36.6 Å². The molecule has 1 aromatic carbocycles. The summed E-state index contributed by atoms with van der Waals surface area (Å²) in [5, 5.41) is 4.08. The van der Waals surface area contributed by atoms with Gasteiger partial charge in [-0.25, -0.2) is 9.97 Å². The van der Waals surface area contributed by atoms with Crippen molar-refractivity contribution in [2.75, 3.05) is 6.54 Å². The Hall–Kier alpha value is -1.45. The van der Waals surface area contributed by atoms with Crippen LogP contribution in [0.2, 0.25) is 5.02 Å². The van der Waals surface area contributed by atoms with Crippen LogP contribution in [0, 0.1) is 0 Å². The molecule has 0 saturated heterocycles. The molecular weight excluding hydrogens is 270 g/mol. The number of hydrogen-bond donors (Lipinski definition) is 1. The Bertz CT molecular complexity index is 638. The van der Waals surface area contributed by atoms with Crippen LogP contribution < -0.4 is 5.32 Å². The molecule has 0 bridgehead atoms. The molecule has 2 heterocycles. The third kappa shape index (κ3) is 2.43. The Morgan fingerprint density at radius 2 is 2.00 bits per heavy atom. The van der Waals surface area contributed by atoms with Crippen LogP contribution in [0.15, 0.2) is 24.3 Å². The molecule has 0 radical (unpaired) electrons. The molecule has 4 heteroatoms. The first-order chi connectivity index (χ1) is 9.66. The van der Waals surface area contributed by atoms with Gasteiger partial charge in [0, 0.05) is 12.1 Å². The van der Waals surface area contributed by atoms with Gasteiger partial charge < -0.3 is 5.32 Å². The highest BCUT2D eigenvalue weighted by Gasteiger charge is 2.20. The second-order valence-electron chi connectivity index (χ2n) is 5.42. The fraction of sp³-hybridized carbons (Fsp3) is 0.375. The van der Waals surface area contributed by atoms with Gasteiger partial charge in [-0.3, -0.25) is 0 Å². The standard InChI is InChI=1S/C16H18ClN3/c1-10(2)15-12-7-8-18-9-14(12)19-16(20-15)11-5-3-4-6-13(11)17/h3-6,10,18H,7-9H2,1-2H3. The second-order valence-corrected chi connectivity index (χ2v) is 5.83. The Balaban J connectivity index is 2.18. The van der Waals surface area contributed by atoms with Crippen molar-refractivity contribution in [2.24, 2.45) is 0 Å². The molecule has 0 amide bonds. The first kappa shape index (κ1) is 13.5. The quantitative estimate of drug-likeness (QED) is 0.918. The molecule has 3 nitrogen and oxygen atoms in total. The number of halogens is 1. The Morgan fingerprint density at radius 1 is 1.20 bits per heavy atom. The summed E-state index contributed by atoms with van der Waals surface area (Å²) in [5.41, 5.74) is 4.50. The molecule has 1 aliphatic heterocycles. The molecule has 104 valence electrons. The molecule has 0 aliphatic carbocycles. The van der Waals surface area contributed by atoms with E-state index in [1.165, 1.54) is 5.56 Å². The largest absolute Gasteiger partial charge is 0.311 e. The van der Waals surface area contributed by atoms with E-state index in [1.807, 2.05) is 24.3 Å². The van der Waals surface area contributed by atoms with Crippen LogP contribution in [0.3, 0.4) is 0 Å². The number of rotatable bonds is 2. The Labute approximate surface area is 124 Å². The van der Waals surface area contributed by atoms with E-state index in [-0.39, 0.29) is 0 Å². The van der Waals surface area contributed by atoms with Crippen molar-refractivity contribution in [1.29, 1.82) is 0 Å². The molecule has 2 aromatic rings. The van der Waals surface area contributed by atoms with E-state index >= 15 is 0 Å². The van der Waals surface area contributed by atoms with Crippen molar-refractivity contribution in [1.82, 2.24) is 15.3 Å². The zero-order valence-corrected chi connectivity index (χ0v) is 12.5. The summed E-state index contributed by atoms with van der Waals surface area (Å²) in [5.74, 6) is 1.13. The highest BCUT2D eigenvalue weighted by atomic mass is 35.5. The van der Waals surface area contributed by atoms with Crippen LogP contribution in [-0.2, 0) is 13.0 Å². The van der Waals surface area contributed by atoms with E-state index in [2.05, 4.69) is 19.2 Å². The second kappa shape index (κ2) is 5.51. The SMILES string of the molecule is CC(C)c1nc(-c2ccccc2Cl)nc2c1CCNC2. The number of aromatic nitrogens is 2. The van der Waals surface area contributed by atoms with Crippen LogP contribution in [0.5, 0.6) is 0 Å². The van der Waals surface area contributed by atoms with Crippen molar-refractivity contribution in [3.05, 3.63) is 46.2 Å². The summed E-state index contributed by atoms with van der Waals surface area (Å²) >= 11 is 6.28. The summed E-state index contributed by atoms with van der Waals surface area (Å²) < 4.78 is 0. The smallest absolute Gasteiger partial charge is 0.161 e. The average Bonchev–Trinajstić information content (AvgIpc) is 2.46. The van der Waals surface area contributed by atoms with Crippen molar-refractivity contribution in [3.63, 3.8) is 0 Å². The minimum Gasteiger partial charge on any atom is -0.311 e. The van der Waals surface area contributed by atoms with Crippen molar-refractivity contribution in [3.8, 4) is 11.4 Å². The van der Waals surface area contributed by atoms with E-state index in [0.29, 0.717) is 10.9 Å². The maximum atomic E-state index is 6.28. The molecule has 0 atom stereocenters. The molecule has 0 spiro atoms. The summed E-state index contributed by atoms with van der Waals surface area (Å²) in [6.07, 6.45) is 1.01. The highest BCUT2D eigenvalue weighted by molar-refractivity contribution is 6.33. The molecule has 1 N–H and O–H groups in total. The third-order valence-electron chi connectivity index (χ3n) is 3.63. The van der Waals surface area contributed by atoms with Gasteiger partial charge in [-0.15, -0.1) is 0 Å². The minimum atomic E-state index is 0.395. The lowest BCUT2D eigenvalue weighted by Crippen LogP contribution is -2.27. The fourth-order valence-corrected chi connectivity index (χ4v) is 2.85. The van der Waals surface area contributed by atoms with E-state index in [9.17, 15) is 0 Å². The number of hydrogen-bond acceptors (Lipinski definition) is 3. The fourth-order valence-electron chi connectivity index (χ4n) is 2.63. The molecule has 20 heavy (non-hydrogen) atoms. The molecule has 0 saturated carbocycles. The lowest BCUT2D eigenvalue weighted by Gasteiger charge is -2.22. The molecular formula is C16H18ClN3. The molecule has 0 unspecified atom stereocenters. The first-order valence-corrected chi connectivity index (χ1v) is 7.40. The predicted molar refractivity (Wildman–Crippen MR) is 82.0 cm³/mol. The molecule has 3 rings (SSSR count). The predicted octanol–water partition coefficient (Wildman–Crippen LogP) is 3.57. The van der Waals surface area contributed by atoms with Crippen LogP contribution in [-0.4, -0.2) is 16.5 Å². The number of fused-ring (bicyclic) bond motifs is 1.